The van der Waals surface area contributed by atoms with Crippen molar-refractivity contribution in [1.82, 2.24) is 15.3 Å². The van der Waals surface area contributed by atoms with Crippen LogP contribution in [-0.4, -0.2) is 33.7 Å². The quantitative estimate of drug-likeness (QED) is 0.399. The van der Waals surface area contributed by atoms with E-state index in [-0.39, 0.29) is 23.7 Å². The molecule has 0 bridgehead atoms. The predicted molar refractivity (Wildman–Crippen MR) is 135 cm³/mol. The van der Waals surface area contributed by atoms with Crippen LogP contribution in [0.5, 0.6) is 11.5 Å². The lowest BCUT2D eigenvalue weighted by atomic mass is 9.86. The SMILES string of the molecule is CCc1ncc(-c2ccc(Oc3ccc(CCC(CC)(CC)NC(C)=O)cc3)cc2)[nH]1.O=C=O.O=C=O. The third kappa shape index (κ3) is 10.4. The summed E-state index contributed by atoms with van der Waals surface area (Å²) in [4.78, 5) is 51.8. The van der Waals surface area contributed by atoms with Gasteiger partial charge in [-0.1, -0.05) is 32.9 Å². The molecule has 3 aromatic rings. The minimum absolute atomic E-state index is 0.0387. The van der Waals surface area contributed by atoms with Crippen molar-refractivity contribution in [2.75, 3.05) is 0 Å². The van der Waals surface area contributed by atoms with Gasteiger partial charge in [-0.25, -0.2) is 4.98 Å². The number of aryl methyl sites for hydroxylation is 2. The second-order valence-corrected chi connectivity index (χ2v) is 8.20. The minimum Gasteiger partial charge on any atom is -0.457 e. The Labute approximate surface area is 216 Å². The molecule has 0 saturated carbocycles. The largest absolute Gasteiger partial charge is 0.457 e. The summed E-state index contributed by atoms with van der Waals surface area (Å²) >= 11 is 0. The number of ether oxygens (including phenoxy) is 1. The van der Waals surface area contributed by atoms with Crippen LogP contribution in [0, 0.1) is 0 Å². The third-order valence-corrected chi connectivity index (χ3v) is 5.97. The Hall–Kier alpha value is -4.32. The molecule has 0 unspecified atom stereocenters. The lowest BCUT2D eigenvalue weighted by Gasteiger charge is -2.32. The summed E-state index contributed by atoms with van der Waals surface area (Å²) in [5.74, 6) is 2.64. The van der Waals surface area contributed by atoms with Crippen molar-refractivity contribution in [3.63, 3.8) is 0 Å². The van der Waals surface area contributed by atoms with Crippen LogP contribution >= 0.6 is 0 Å². The van der Waals surface area contributed by atoms with Crippen molar-refractivity contribution in [2.24, 2.45) is 0 Å². The van der Waals surface area contributed by atoms with Crippen molar-refractivity contribution in [2.45, 2.75) is 65.3 Å². The number of benzene rings is 2. The number of nitrogens with one attached hydrogen (secondary N) is 2. The van der Waals surface area contributed by atoms with Crippen LogP contribution in [0.25, 0.3) is 11.3 Å². The normalized spacial score (nSPS) is 9.95. The molecule has 2 N–H and O–H groups in total. The van der Waals surface area contributed by atoms with Gasteiger partial charge in [0.15, 0.2) is 0 Å². The van der Waals surface area contributed by atoms with E-state index in [4.69, 9.17) is 23.9 Å². The second-order valence-electron chi connectivity index (χ2n) is 8.20. The molecule has 0 saturated heterocycles. The van der Waals surface area contributed by atoms with Crippen LogP contribution in [0.3, 0.4) is 0 Å². The molecule has 0 aliphatic carbocycles. The zero-order chi connectivity index (χ0) is 27.7. The smallest absolute Gasteiger partial charge is 0.373 e. The van der Waals surface area contributed by atoms with E-state index in [1.54, 1.807) is 6.92 Å². The predicted octanol–water partition coefficient (Wildman–Crippen LogP) is 4.89. The Morgan fingerprint density at radius 2 is 1.43 bits per heavy atom. The molecule has 1 heterocycles. The van der Waals surface area contributed by atoms with Crippen LogP contribution in [-0.2, 0) is 36.8 Å². The van der Waals surface area contributed by atoms with Crippen molar-refractivity contribution in [1.29, 1.82) is 0 Å². The highest BCUT2D eigenvalue weighted by Gasteiger charge is 2.26. The van der Waals surface area contributed by atoms with Crippen molar-refractivity contribution in [3.05, 3.63) is 66.1 Å². The topological polar surface area (TPSA) is 135 Å². The molecule has 0 radical (unpaired) electrons. The molecule has 9 heteroatoms. The van der Waals surface area contributed by atoms with Gasteiger partial charge in [-0.05, 0) is 73.2 Å². The number of nitrogens with zero attached hydrogens (tertiary/aromatic N) is 1. The lowest BCUT2D eigenvalue weighted by molar-refractivity contribution is -0.193. The van der Waals surface area contributed by atoms with Gasteiger partial charge >= 0.3 is 12.3 Å². The average molecular weight is 508 g/mol. The zero-order valence-corrected chi connectivity index (χ0v) is 21.6. The monoisotopic (exact) mass is 507 g/mol. The first kappa shape index (κ1) is 30.7. The molecule has 196 valence electrons. The molecule has 0 atom stereocenters. The molecule has 1 amide bonds. The van der Waals surface area contributed by atoms with E-state index >= 15 is 0 Å². The van der Waals surface area contributed by atoms with Gasteiger partial charge < -0.3 is 15.0 Å². The fourth-order valence-electron chi connectivity index (χ4n) is 3.85. The number of imidazole rings is 1. The summed E-state index contributed by atoms with van der Waals surface area (Å²) in [6.45, 7) is 7.95. The summed E-state index contributed by atoms with van der Waals surface area (Å²) < 4.78 is 6.01. The lowest BCUT2D eigenvalue weighted by Crippen LogP contribution is -2.47. The summed E-state index contributed by atoms with van der Waals surface area (Å²) in [6.07, 6.45) is 6.96. The van der Waals surface area contributed by atoms with E-state index < -0.39 is 0 Å². The molecule has 1 aromatic heterocycles. The molecule has 3 rings (SSSR count). The Morgan fingerprint density at radius 1 is 0.919 bits per heavy atom. The standard InChI is InChI=1S/C26H33N3O2.2CO2/c1-5-25-27-18-24(28-25)21-10-14-23(15-11-21)31-22-12-8-20(9-13-22)16-17-26(6-2,7-3)29-19(4)30;2*2-1-3/h8-15,18H,5-7,16-17H2,1-4H3,(H,27,28)(H,29,30);;. The first-order chi connectivity index (χ1) is 17.8. The maximum absolute atomic E-state index is 11.6. The molecule has 0 aliphatic rings. The summed E-state index contributed by atoms with van der Waals surface area (Å²) in [5.41, 5.74) is 3.21. The van der Waals surface area contributed by atoms with Crippen molar-refractivity contribution < 1.29 is 28.7 Å². The zero-order valence-electron chi connectivity index (χ0n) is 21.6. The van der Waals surface area contributed by atoms with Gasteiger partial charge in [0, 0.05) is 18.9 Å². The first-order valence-electron chi connectivity index (χ1n) is 12.0. The second kappa shape index (κ2) is 16.4. The molecule has 2 aromatic carbocycles. The third-order valence-electron chi connectivity index (χ3n) is 5.97. The molecule has 37 heavy (non-hydrogen) atoms. The minimum atomic E-state index is -0.130. The number of aromatic amines is 1. The first-order valence-corrected chi connectivity index (χ1v) is 12.0. The molecule has 9 nitrogen and oxygen atoms in total. The van der Waals surface area contributed by atoms with Gasteiger partial charge in [0.25, 0.3) is 0 Å². The van der Waals surface area contributed by atoms with E-state index in [1.807, 2.05) is 42.6 Å². The van der Waals surface area contributed by atoms with Gasteiger partial charge in [-0.2, -0.15) is 19.2 Å². The number of hydrogen-bond donors (Lipinski definition) is 2. The number of carbonyl (C=O) groups excluding carboxylic acids is 5. The Balaban J connectivity index is 0.00000104. The summed E-state index contributed by atoms with van der Waals surface area (Å²) in [6, 6.07) is 16.2. The number of aromatic nitrogens is 2. The fraction of sp³-hybridized carbons (Fsp3) is 0.357. The van der Waals surface area contributed by atoms with Crippen LogP contribution in [0.15, 0.2) is 54.7 Å². The van der Waals surface area contributed by atoms with Gasteiger partial charge in [0.2, 0.25) is 5.91 Å². The number of rotatable bonds is 10. The van der Waals surface area contributed by atoms with E-state index in [1.165, 1.54) is 5.56 Å². The van der Waals surface area contributed by atoms with Crippen molar-refractivity contribution in [3.8, 4) is 22.8 Å². The maximum Gasteiger partial charge on any atom is 0.373 e. The van der Waals surface area contributed by atoms with E-state index in [9.17, 15) is 4.79 Å². The Bertz CT molecular complexity index is 1140. The molecular formula is C28H33N3O6. The van der Waals surface area contributed by atoms with Gasteiger partial charge in [0.05, 0.1) is 11.9 Å². The highest BCUT2D eigenvalue weighted by molar-refractivity contribution is 5.73. The molecule has 0 spiro atoms. The number of H-pyrrole nitrogens is 1. The van der Waals surface area contributed by atoms with Crippen LogP contribution < -0.4 is 10.1 Å². The van der Waals surface area contributed by atoms with E-state index in [0.717, 1.165) is 60.7 Å². The summed E-state index contributed by atoms with van der Waals surface area (Å²) in [5, 5.41) is 3.16. The maximum atomic E-state index is 11.6. The van der Waals surface area contributed by atoms with Crippen LogP contribution in [0.2, 0.25) is 0 Å². The van der Waals surface area contributed by atoms with Crippen LogP contribution in [0.4, 0.5) is 0 Å². The fourth-order valence-corrected chi connectivity index (χ4v) is 3.85. The highest BCUT2D eigenvalue weighted by Crippen LogP contribution is 2.27. The van der Waals surface area contributed by atoms with Gasteiger partial charge in [-0.15, -0.1) is 0 Å². The number of carbonyl (C=O) groups is 1. The number of hydrogen-bond acceptors (Lipinski definition) is 7. The highest BCUT2D eigenvalue weighted by atomic mass is 16.5. The van der Waals surface area contributed by atoms with Gasteiger partial charge in [-0.3, -0.25) is 4.79 Å². The van der Waals surface area contributed by atoms with Crippen molar-refractivity contribution >= 4 is 18.2 Å². The average Bonchev–Trinajstić information content (AvgIpc) is 3.38. The van der Waals surface area contributed by atoms with E-state index in [2.05, 4.69) is 48.2 Å². The molecule has 0 aliphatic heterocycles. The Kier molecular flexibility index (Phi) is 13.6. The molecule has 0 fully saturated rings. The Morgan fingerprint density at radius 3 is 1.86 bits per heavy atom. The van der Waals surface area contributed by atoms with Gasteiger partial charge in [0.1, 0.15) is 17.3 Å². The van der Waals surface area contributed by atoms with E-state index in [0.29, 0.717) is 0 Å². The molecular weight excluding hydrogens is 474 g/mol. The van der Waals surface area contributed by atoms with Crippen LogP contribution in [0.1, 0.15) is 58.3 Å². The summed E-state index contributed by atoms with van der Waals surface area (Å²) in [7, 11) is 0. The number of amides is 1.